The standard InChI is InChI=1S/C20H17N5O/c1-13-6-5-9-16(14(13)2)23-19(26)18-10-11-22-20(25-18)24-17-8-4-3-7-15(17)12-21/h3-11H,1-2H3,(H,23,26)(H,22,24,25). The van der Waals surface area contributed by atoms with Gasteiger partial charge in [-0.3, -0.25) is 4.79 Å². The Morgan fingerprint density at radius 1 is 1.04 bits per heavy atom. The second kappa shape index (κ2) is 7.45. The average Bonchev–Trinajstić information content (AvgIpc) is 2.66. The van der Waals surface area contributed by atoms with Crippen LogP contribution < -0.4 is 10.6 Å². The third kappa shape index (κ3) is 3.68. The van der Waals surface area contributed by atoms with Gasteiger partial charge in [-0.05, 0) is 49.2 Å². The molecule has 3 aromatic rings. The largest absolute Gasteiger partial charge is 0.323 e. The van der Waals surface area contributed by atoms with E-state index in [0.29, 0.717) is 11.3 Å². The van der Waals surface area contributed by atoms with Gasteiger partial charge in [0, 0.05) is 11.9 Å². The van der Waals surface area contributed by atoms with E-state index in [-0.39, 0.29) is 17.5 Å². The number of para-hydroxylation sites is 1. The van der Waals surface area contributed by atoms with Crippen molar-refractivity contribution in [3.8, 4) is 6.07 Å². The average molecular weight is 343 g/mol. The molecule has 0 aliphatic rings. The van der Waals surface area contributed by atoms with Crippen LogP contribution in [0.4, 0.5) is 17.3 Å². The van der Waals surface area contributed by atoms with Gasteiger partial charge in [0.1, 0.15) is 11.8 Å². The fourth-order valence-corrected chi connectivity index (χ4v) is 2.43. The molecule has 0 aliphatic heterocycles. The van der Waals surface area contributed by atoms with Crippen LogP contribution >= 0.6 is 0 Å². The summed E-state index contributed by atoms with van der Waals surface area (Å²) < 4.78 is 0. The number of rotatable bonds is 4. The van der Waals surface area contributed by atoms with Gasteiger partial charge in [0.15, 0.2) is 0 Å². The van der Waals surface area contributed by atoms with Gasteiger partial charge in [0.2, 0.25) is 5.95 Å². The van der Waals surface area contributed by atoms with E-state index in [1.165, 1.54) is 6.20 Å². The first-order chi connectivity index (χ1) is 12.6. The Morgan fingerprint density at radius 3 is 2.62 bits per heavy atom. The van der Waals surface area contributed by atoms with Crippen molar-refractivity contribution in [2.75, 3.05) is 10.6 Å². The highest BCUT2D eigenvalue weighted by molar-refractivity contribution is 6.03. The Bertz CT molecular complexity index is 1010. The Labute approximate surface area is 151 Å². The number of carbonyl (C=O) groups is 1. The Hall–Kier alpha value is -3.72. The normalized spacial score (nSPS) is 10.0. The summed E-state index contributed by atoms with van der Waals surface area (Å²) in [6, 6.07) is 16.4. The van der Waals surface area contributed by atoms with E-state index < -0.39 is 0 Å². The van der Waals surface area contributed by atoms with Gasteiger partial charge in [0.25, 0.3) is 5.91 Å². The van der Waals surface area contributed by atoms with Crippen molar-refractivity contribution in [1.82, 2.24) is 9.97 Å². The molecule has 3 rings (SSSR count). The predicted molar refractivity (Wildman–Crippen MR) is 100 cm³/mol. The number of hydrogen-bond donors (Lipinski definition) is 2. The van der Waals surface area contributed by atoms with Crippen molar-refractivity contribution in [2.45, 2.75) is 13.8 Å². The molecule has 0 saturated carbocycles. The van der Waals surface area contributed by atoms with Crippen LogP contribution in [0, 0.1) is 25.2 Å². The van der Waals surface area contributed by atoms with Gasteiger partial charge >= 0.3 is 0 Å². The number of benzene rings is 2. The van der Waals surface area contributed by atoms with Gasteiger partial charge in [-0.2, -0.15) is 5.26 Å². The summed E-state index contributed by atoms with van der Waals surface area (Å²) in [7, 11) is 0. The van der Waals surface area contributed by atoms with Crippen molar-refractivity contribution < 1.29 is 4.79 Å². The van der Waals surface area contributed by atoms with Crippen LogP contribution in [-0.2, 0) is 0 Å². The molecule has 0 fully saturated rings. The molecule has 1 heterocycles. The summed E-state index contributed by atoms with van der Waals surface area (Å²) in [5.74, 6) is -0.0703. The van der Waals surface area contributed by atoms with Gasteiger partial charge in [-0.1, -0.05) is 24.3 Å². The highest BCUT2D eigenvalue weighted by Crippen LogP contribution is 2.20. The summed E-state index contributed by atoms with van der Waals surface area (Å²) in [4.78, 5) is 20.9. The number of aryl methyl sites for hydroxylation is 1. The molecule has 6 nitrogen and oxygen atoms in total. The number of nitrogens with one attached hydrogen (secondary N) is 2. The van der Waals surface area contributed by atoms with Gasteiger partial charge < -0.3 is 10.6 Å². The maximum Gasteiger partial charge on any atom is 0.274 e. The zero-order valence-corrected chi connectivity index (χ0v) is 14.4. The number of nitriles is 1. The molecule has 0 radical (unpaired) electrons. The first kappa shape index (κ1) is 17.1. The Kier molecular flexibility index (Phi) is 4.90. The zero-order chi connectivity index (χ0) is 18.5. The number of aromatic nitrogens is 2. The first-order valence-electron chi connectivity index (χ1n) is 8.05. The van der Waals surface area contributed by atoms with E-state index in [1.54, 1.807) is 30.3 Å². The summed E-state index contributed by atoms with van der Waals surface area (Å²) >= 11 is 0. The van der Waals surface area contributed by atoms with Crippen LogP contribution in [0.3, 0.4) is 0 Å². The molecule has 6 heteroatoms. The van der Waals surface area contributed by atoms with Crippen LogP contribution in [0.15, 0.2) is 54.7 Å². The number of amides is 1. The minimum atomic E-state index is -0.322. The molecule has 2 aromatic carbocycles. The van der Waals surface area contributed by atoms with Crippen LogP contribution in [0.2, 0.25) is 0 Å². The molecule has 1 amide bonds. The summed E-state index contributed by atoms with van der Waals surface area (Å²) in [6.07, 6.45) is 1.50. The molecule has 0 aliphatic carbocycles. The number of anilines is 3. The fourth-order valence-electron chi connectivity index (χ4n) is 2.43. The topological polar surface area (TPSA) is 90.7 Å². The molecule has 0 spiro atoms. The Morgan fingerprint density at radius 2 is 1.81 bits per heavy atom. The van der Waals surface area contributed by atoms with Gasteiger partial charge in [-0.25, -0.2) is 9.97 Å². The van der Waals surface area contributed by atoms with E-state index in [0.717, 1.165) is 16.8 Å². The molecular weight excluding hydrogens is 326 g/mol. The van der Waals surface area contributed by atoms with E-state index in [4.69, 9.17) is 5.26 Å². The fraction of sp³-hybridized carbons (Fsp3) is 0.100. The highest BCUT2D eigenvalue weighted by Gasteiger charge is 2.12. The second-order valence-corrected chi connectivity index (χ2v) is 5.75. The quantitative estimate of drug-likeness (QED) is 0.748. The number of nitrogens with zero attached hydrogens (tertiary/aromatic N) is 3. The van der Waals surface area contributed by atoms with Crippen LogP contribution in [0.5, 0.6) is 0 Å². The van der Waals surface area contributed by atoms with Crippen LogP contribution in [-0.4, -0.2) is 15.9 Å². The van der Waals surface area contributed by atoms with Crippen molar-refractivity contribution in [3.05, 3.63) is 77.1 Å². The highest BCUT2D eigenvalue weighted by atomic mass is 16.1. The maximum absolute atomic E-state index is 12.5. The lowest BCUT2D eigenvalue weighted by Gasteiger charge is -2.11. The summed E-state index contributed by atoms with van der Waals surface area (Å²) in [5.41, 5.74) is 4.15. The zero-order valence-electron chi connectivity index (χ0n) is 14.4. The van der Waals surface area contributed by atoms with Crippen LogP contribution in [0.1, 0.15) is 27.2 Å². The second-order valence-electron chi connectivity index (χ2n) is 5.75. The first-order valence-corrected chi connectivity index (χ1v) is 8.05. The minimum absolute atomic E-state index is 0.234. The SMILES string of the molecule is Cc1cccc(NC(=O)c2ccnc(Nc3ccccc3C#N)n2)c1C. The van der Waals surface area contributed by atoms with Gasteiger partial charge in [0.05, 0.1) is 11.3 Å². The summed E-state index contributed by atoms with van der Waals surface area (Å²) in [5, 5.41) is 15.0. The lowest BCUT2D eigenvalue weighted by atomic mass is 10.1. The molecule has 2 N–H and O–H groups in total. The lowest BCUT2D eigenvalue weighted by molar-refractivity contribution is 0.102. The van der Waals surface area contributed by atoms with E-state index in [1.807, 2.05) is 32.0 Å². The number of hydrogen-bond acceptors (Lipinski definition) is 5. The third-order valence-corrected chi connectivity index (χ3v) is 4.04. The van der Waals surface area contributed by atoms with Crippen molar-refractivity contribution in [3.63, 3.8) is 0 Å². The van der Waals surface area contributed by atoms with E-state index in [2.05, 4.69) is 26.7 Å². The Balaban J connectivity index is 1.82. The predicted octanol–water partition coefficient (Wildman–Crippen LogP) is 3.96. The van der Waals surface area contributed by atoms with Crippen LogP contribution in [0.25, 0.3) is 0 Å². The van der Waals surface area contributed by atoms with Crippen molar-refractivity contribution in [2.24, 2.45) is 0 Å². The van der Waals surface area contributed by atoms with Gasteiger partial charge in [-0.15, -0.1) is 0 Å². The molecule has 0 saturated heterocycles. The summed E-state index contributed by atoms with van der Waals surface area (Å²) in [6.45, 7) is 3.95. The molecule has 1 aromatic heterocycles. The molecule has 26 heavy (non-hydrogen) atoms. The smallest absolute Gasteiger partial charge is 0.274 e. The lowest BCUT2D eigenvalue weighted by Crippen LogP contribution is -2.15. The van der Waals surface area contributed by atoms with E-state index in [9.17, 15) is 4.79 Å². The monoisotopic (exact) mass is 343 g/mol. The molecule has 0 unspecified atom stereocenters. The molecule has 0 bridgehead atoms. The van der Waals surface area contributed by atoms with Crippen molar-refractivity contribution >= 4 is 23.2 Å². The molecular formula is C20H17N5O. The minimum Gasteiger partial charge on any atom is -0.323 e. The number of carbonyl (C=O) groups excluding carboxylic acids is 1. The van der Waals surface area contributed by atoms with Crippen molar-refractivity contribution in [1.29, 1.82) is 5.26 Å². The third-order valence-electron chi connectivity index (χ3n) is 4.04. The maximum atomic E-state index is 12.5. The molecule has 128 valence electrons. The molecule has 0 atom stereocenters. The van der Waals surface area contributed by atoms with E-state index >= 15 is 0 Å².